The molecule has 1 atom stereocenters. The number of aliphatic carboxylic acids is 1. The maximum absolute atomic E-state index is 13.3. The van der Waals surface area contributed by atoms with Crippen LogP contribution in [-0.4, -0.2) is 17.1 Å². The van der Waals surface area contributed by atoms with Crippen LogP contribution in [0.5, 0.6) is 0 Å². The fraction of sp³-hybridized carbons (Fsp3) is 0.500. The summed E-state index contributed by atoms with van der Waals surface area (Å²) < 4.78 is 13.3. The summed E-state index contributed by atoms with van der Waals surface area (Å²) in [4.78, 5) is 11.3. The summed E-state index contributed by atoms with van der Waals surface area (Å²) in [6.45, 7) is 1.79. The van der Waals surface area contributed by atoms with E-state index in [0.717, 1.165) is 31.2 Å². The van der Waals surface area contributed by atoms with Crippen molar-refractivity contribution in [1.82, 2.24) is 0 Å². The zero-order valence-corrected chi connectivity index (χ0v) is 10.4. The molecule has 2 N–H and O–H groups in total. The summed E-state index contributed by atoms with van der Waals surface area (Å²) in [5.74, 6) is -1.05. The number of carboxylic acid groups (broad SMARTS) is 1. The molecular formula is C14H18FNO2. The minimum absolute atomic E-state index is 0.145. The van der Waals surface area contributed by atoms with Gasteiger partial charge in [0.25, 0.3) is 0 Å². The van der Waals surface area contributed by atoms with Gasteiger partial charge in [0.2, 0.25) is 0 Å². The lowest BCUT2D eigenvalue weighted by Crippen LogP contribution is -2.35. The van der Waals surface area contributed by atoms with Crippen molar-refractivity contribution in [1.29, 1.82) is 0 Å². The summed E-state index contributed by atoms with van der Waals surface area (Å²) in [6, 6.07) is 3.93. The number of anilines is 1. The van der Waals surface area contributed by atoms with Crippen molar-refractivity contribution in [3.63, 3.8) is 0 Å². The number of nitrogens with one attached hydrogen (secondary N) is 1. The third-order valence-corrected chi connectivity index (χ3v) is 3.50. The highest BCUT2D eigenvalue weighted by Gasteiger charge is 2.30. The average molecular weight is 251 g/mol. The maximum atomic E-state index is 13.3. The van der Waals surface area contributed by atoms with Crippen molar-refractivity contribution in [3.8, 4) is 0 Å². The standard InChI is InChI=1S/C14H18FNO2/c1-9-6-11(15)8-12(7-9)16-13(14(17)18)10-4-2-3-5-10/h6-8,10,13,16H,2-5H2,1H3,(H,17,18). The average Bonchev–Trinajstić information content (AvgIpc) is 2.77. The van der Waals surface area contributed by atoms with Gasteiger partial charge in [-0.25, -0.2) is 9.18 Å². The SMILES string of the molecule is Cc1cc(F)cc(NC(C(=O)O)C2CCCC2)c1. The molecular weight excluding hydrogens is 233 g/mol. The number of carboxylic acids is 1. The second kappa shape index (κ2) is 5.38. The Morgan fingerprint density at radius 3 is 2.61 bits per heavy atom. The molecule has 0 radical (unpaired) electrons. The molecule has 1 aliphatic rings. The van der Waals surface area contributed by atoms with Crippen molar-refractivity contribution < 1.29 is 14.3 Å². The highest BCUT2D eigenvalue weighted by molar-refractivity contribution is 5.77. The summed E-state index contributed by atoms with van der Waals surface area (Å²) in [5, 5.41) is 12.2. The molecule has 0 saturated heterocycles. The van der Waals surface area contributed by atoms with Gasteiger partial charge in [-0.05, 0) is 49.4 Å². The molecule has 18 heavy (non-hydrogen) atoms. The zero-order valence-electron chi connectivity index (χ0n) is 10.4. The Kier molecular flexibility index (Phi) is 3.84. The third kappa shape index (κ3) is 3.00. The van der Waals surface area contributed by atoms with Crippen LogP contribution in [0.4, 0.5) is 10.1 Å². The molecule has 1 fully saturated rings. The summed E-state index contributed by atoms with van der Waals surface area (Å²) in [5.41, 5.74) is 1.33. The molecule has 4 heteroatoms. The highest BCUT2D eigenvalue weighted by Crippen LogP contribution is 2.30. The largest absolute Gasteiger partial charge is 0.480 e. The lowest BCUT2D eigenvalue weighted by atomic mass is 9.98. The Balaban J connectivity index is 2.15. The van der Waals surface area contributed by atoms with Gasteiger partial charge < -0.3 is 10.4 Å². The molecule has 98 valence electrons. The Morgan fingerprint density at radius 1 is 1.39 bits per heavy atom. The van der Waals surface area contributed by atoms with Crippen LogP contribution in [0.2, 0.25) is 0 Å². The molecule has 0 aliphatic heterocycles. The van der Waals surface area contributed by atoms with Gasteiger partial charge in [0.1, 0.15) is 11.9 Å². The fourth-order valence-corrected chi connectivity index (χ4v) is 2.67. The van der Waals surface area contributed by atoms with Gasteiger partial charge in [-0.2, -0.15) is 0 Å². The fourth-order valence-electron chi connectivity index (χ4n) is 2.67. The van der Waals surface area contributed by atoms with Crippen molar-refractivity contribution in [2.24, 2.45) is 5.92 Å². The van der Waals surface area contributed by atoms with Crippen LogP contribution in [0.25, 0.3) is 0 Å². The van der Waals surface area contributed by atoms with Crippen molar-refractivity contribution in [2.75, 3.05) is 5.32 Å². The van der Waals surface area contributed by atoms with Gasteiger partial charge >= 0.3 is 5.97 Å². The van der Waals surface area contributed by atoms with Gasteiger partial charge in [-0.1, -0.05) is 12.8 Å². The van der Waals surface area contributed by atoms with Gasteiger partial charge in [-0.15, -0.1) is 0 Å². The van der Waals surface area contributed by atoms with Gasteiger partial charge in [-0.3, -0.25) is 0 Å². The van der Waals surface area contributed by atoms with E-state index in [1.165, 1.54) is 12.1 Å². The second-order valence-electron chi connectivity index (χ2n) is 5.02. The lowest BCUT2D eigenvalue weighted by molar-refractivity contribution is -0.139. The minimum atomic E-state index is -0.858. The van der Waals surface area contributed by atoms with E-state index in [0.29, 0.717) is 5.69 Å². The van der Waals surface area contributed by atoms with Crippen LogP contribution in [0, 0.1) is 18.7 Å². The van der Waals surface area contributed by atoms with Crippen LogP contribution >= 0.6 is 0 Å². The van der Waals surface area contributed by atoms with E-state index in [9.17, 15) is 14.3 Å². The molecule has 0 bridgehead atoms. The number of hydrogen-bond acceptors (Lipinski definition) is 2. The molecule has 1 saturated carbocycles. The van der Waals surface area contributed by atoms with Crippen LogP contribution in [0.15, 0.2) is 18.2 Å². The van der Waals surface area contributed by atoms with E-state index in [1.807, 2.05) is 0 Å². The van der Waals surface area contributed by atoms with Gasteiger partial charge in [0.15, 0.2) is 0 Å². The first-order valence-electron chi connectivity index (χ1n) is 6.33. The molecule has 0 aromatic heterocycles. The van der Waals surface area contributed by atoms with Crippen LogP contribution in [0.3, 0.4) is 0 Å². The van der Waals surface area contributed by atoms with E-state index < -0.39 is 12.0 Å². The summed E-state index contributed by atoms with van der Waals surface area (Å²) >= 11 is 0. The van der Waals surface area contributed by atoms with E-state index in [1.54, 1.807) is 13.0 Å². The molecule has 3 nitrogen and oxygen atoms in total. The van der Waals surface area contributed by atoms with Crippen LogP contribution in [0.1, 0.15) is 31.2 Å². The first-order valence-corrected chi connectivity index (χ1v) is 6.33. The zero-order chi connectivity index (χ0) is 13.1. The second-order valence-corrected chi connectivity index (χ2v) is 5.02. The molecule has 1 aliphatic carbocycles. The van der Waals surface area contributed by atoms with E-state index in [-0.39, 0.29) is 11.7 Å². The molecule has 2 rings (SSSR count). The van der Waals surface area contributed by atoms with E-state index >= 15 is 0 Å². The van der Waals surface area contributed by atoms with Gasteiger partial charge in [0.05, 0.1) is 0 Å². The lowest BCUT2D eigenvalue weighted by Gasteiger charge is -2.22. The molecule has 0 heterocycles. The summed E-state index contributed by atoms with van der Waals surface area (Å²) in [7, 11) is 0. The monoisotopic (exact) mass is 251 g/mol. The topological polar surface area (TPSA) is 49.3 Å². The number of hydrogen-bond donors (Lipinski definition) is 2. The van der Waals surface area contributed by atoms with Crippen LogP contribution in [-0.2, 0) is 4.79 Å². The van der Waals surface area contributed by atoms with E-state index in [2.05, 4.69) is 5.32 Å². The molecule has 0 amide bonds. The minimum Gasteiger partial charge on any atom is -0.480 e. The molecule has 1 aromatic rings. The maximum Gasteiger partial charge on any atom is 0.326 e. The number of aryl methyl sites for hydroxylation is 1. The van der Waals surface area contributed by atoms with Crippen molar-refractivity contribution in [3.05, 3.63) is 29.6 Å². The number of rotatable bonds is 4. The van der Waals surface area contributed by atoms with Gasteiger partial charge in [0, 0.05) is 5.69 Å². The Bertz CT molecular complexity index is 421. The predicted molar refractivity (Wildman–Crippen MR) is 68.1 cm³/mol. The predicted octanol–water partition coefficient (Wildman–Crippen LogP) is 3.19. The quantitative estimate of drug-likeness (QED) is 0.864. The Hall–Kier alpha value is -1.58. The Morgan fingerprint density at radius 2 is 2.06 bits per heavy atom. The normalized spacial score (nSPS) is 17.7. The molecule has 0 spiro atoms. The number of benzene rings is 1. The smallest absolute Gasteiger partial charge is 0.326 e. The highest BCUT2D eigenvalue weighted by atomic mass is 19.1. The first-order chi connectivity index (χ1) is 8.56. The molecule has 1 unspecified atom stereocenters. The van der Waals surface area contributed by atoms with Crippen molar-refractivity contribution >= 4 is 11.7 Å². The van der Waals surface area contributed by atoms with Crippen LogP contribution < -0.4 is 5.32 Å². The first kappa shape index (κ1) is 12.9. The van der Waals surface area contributed by atoms with Crippen molar-refractivity contribution in [2.45, 2.75) is 38.6 Å². The Labute approximate surface area is 106 Å². The van der Waals surface area contributed by atoms with E-state index in [4.69, 9.17) is 0 Å². The number of carbonyl (C=O) groups is 1. The number of halogens is 1. The molecule has 1 aromatic carbocycles. The third-order valence-electron chi connectivity index (χ3n) is 3.50. The summed E-state index contributed by atoms with van der Waals surface area (Å²) in [6.07, 6.45) is 4.02.